The molecule has 1 N–H and O–H groups in total. The van der Waals surface area contributed by atoms with Crippen LogP contribution >= 0.6 is 23.1 Å². The fraction of sp³-hybridized carbons (Fsp3) is 0.0476. The van der Waals surface area contributed by atoms with E-state index in [-0.39, 0.29) is 11.3 Å². The van der Waals surface area contributed by atoms with Crippen molar-refractivity contribution in [2.75, 3.05) is 11.6 Å². The van der Waals surface area contributed by atoms with E-state index in [1.54, 1.807) is 18.4 Å². The average Bonchev–Trinajstić information content (AvgIpc) is 3.21. The summed E-state index contributed by atoms with van der Waals surface area (Å²) < 4.78 is 0. The first-order valence-electron chi connectivity index (χ1n) is 8.63. The van der Waals surface area contributed by atoms with Crippen LogP contribution in [0.3, 0.4) is 0 Å². The molecule has 1 amide bonds. The molecule has 0 aliphatic heterocycles. The van der Waals surface area contributed by atoms with E-state index in [9.17, 15) is 14.9 Å². The van der Waals surface area contributed by atoms with Gasteiger partial charge < -0.3 is 0 Å². The van der Waals surface area contributed by atoms with Crippen LogP contribution in [-0.4, -0.2) is 22.1 Å². The molecule has 0 radical (unpaired) electrons. The first-order chi connectivity index (χ1) is 14.0. The van der Waals surface area contributed by atoms with Crippen LogP contribution in [0.25, 0.3) is 22.0 Å². The molecule has 1 aromatic heterocycles. The minimum atomic E-state index is -0.482. The average molecular weight is 422 g/mol. The quantitative estimate of drug-likeness (QED) is 0.248. The predicted molar refractivity (Wildman–Crippen MR) is 118 cm³/mol. The van der Waals surface area contributed by atoms with Gasteiger partial charge in [0.2, 0.25) is 0 Å². The summed E-state index contributed by atoms with van der Waals surface area (Å²) in [6, 6.07) is 18.6. The molecule has 6 nitrogen and oxygen atoms in total. The number of aromatic nitrogens is 1. The van der Waals surface area contributed by atoms with Crippen molar-refractivity contribution in [3.8, 4) is 11.3 Å². The Hall–Kier alpha value is -3.23. The van der Waals surface area contributed by atoms with E-state index in [1.807, 2.05) is 41.8 Å². The van der Waals surface area contributed by atoms with Crippen LogP contribution in [0.4, 0.5) is 10.8 Å². The molecule has 4 rings (SSSR count). The summed E-state index contributed by atoms with van der Waals surface area (Å²) in [5.41, 5.74) is 1.86. The van der Waals surface area contributed by atoms with E-state index in [0.717, 1.165) is 22.0 Å². The van der Waals surface area contributed by atoms with Gasteiger partial charge >= 0.3 is 0 Å². The number of nitrogens with one attached hydrogen (secondary N) is 1. The molecule has 0 saturated carbocycles. The van der Waals surface area contributed by atoms with Gasteiger partial charge in [0.1, 0.15) is 0 Å². The number of hydrogen-bond donors (Lipinski definition) is 1. The summed E-state index contributed by atoms with van der Waals surface area (Å²) in [5, 5.41) is 18.5. The van der Waals surface area contributed by atoms with Crippen molar-refractivity contribution >= 4 is 50.6 Å². The van der Waals surface area contributed by atoms with Crippen LogP contribution in [0, 0.1) is 10.1 Å². The molecule has 29 heavy (non-hydrogen) atoms. The third kappa shape index (κ3) is 3.98. The summed E-state index contributed by atoms with van der Waals surface area (Å²) in [7, 11) is 0. The number of amides is 1. The maximum absolute atomic E-state index is 12.5. The van der Waals surface area contributed by atoms with Crippen molar-refractivity contribution in [3.63, 3.8) is 0 Å². The zero-order valence-corrected chi connectivity index (χ0v) is 16.9. The Morgan fingerprint density at radius 1 is 1.10 bits per heavy atom. The van der Waals surface area contributed by atoms with Crippen molar-refractivity contribution < 1.29 is 9.72 Å². The topological polar surface area (TPSA) is 85.1 Å². The highest BCUT2D eigenvalue weighted by Gasteiger charge is 2.18. The highest BCUT2D eigenvalue weighted by molar-refractivity contribution is 7.98. The number of thiazole rings is 1. The maximum Gasteiger partial charge on any atom is 0.283 e. The van der Waals surface area contributed by atoms with Crippen molar-refractivity contribution in [1.82, 2.24) is 4.98 Å². The van der Waals surface area contributed by atoms with E-state index in [2.05, 4.69) is 16.4 Å². The Bertz CT molecular complexity index is 1240. The number of fused-ring (bicyclic) bond motifs is 1. The minimum absolute atomic E-state index is 0.0823. The lowest BCUT2D eigenvalue weighted by Gasteiger charge is -2.04. The summed E-state index contributed by atoms with van der Waals surface area (Å²) in [4.78, 5) is 28.3. The van der Waals surface area contributed by atoms with E-state index in [1.165, 1.54) is 29.2 Å². The first kappa shape index (κ1) is 19.1. The normalized spacial score (nSPS) is 10.8. The second kappa shape index (κ2) is 8.02. The van der Waals surface area contributed by atoms with Gasteiger partial charge in [0.15, 0.2) is 5.13 Å². The lowest BCUT2D eigenvalue weighted by atomic mass is 10.1. The number of rotatable bonds is 5. The summed E-state index contributed by atoms with van der Waals surface area (Å²) in [6.45, 7) is 0. The Morgan fingerprint density at radius 3 is 2.66 bits per heavy atom. The van der Waals surface area contributed by atoms with Crippen LogP contribution < -0.4 is 5.32 Å². The molecule has 0 aliphatic rings. The van der Waals surface area contributed by atoms with Gasteiger partial charge in [-0.2, -0.15) is 0 Å². The molecule has 8 heteroatoms. The molecule has 0 saturated heterocycles. The summed E-state index contributed by atoms with van der Waals surface area (Å²) in [5.74, 6) is -0.430. The zero-order valence-electron chi connectivity index (χ0n) is 15.3. The molecule has 0 atom stereocenters. The van der Waals surface area contributed by atoms with Crippen LogP contribution in [0.5, 0.6) is 0 Å². The number of benzene rings is 3. The van der Waals surface area contributed by atoms with Crippen molar-refractivity contribution in [3.05, 3.63) is 81.7 Å². The lowest BCUT2D eigenvalue weighted by molar-refractivity contribution is -0.387. The van der Waals surface area contributed by atoms with Gasteiger partial charge in [0, 0.05) is 22.6 Å². The van der Waals surface area contributed by atoms with E-state index < -0.39 is 10.8 Å². The fourth-order valence-electron chi connectivity index (χ4n) is 2.96. The van der Waals surface area contributed by atoms with Crippen molar-refractivity contribution in [1.29, 1.82) is 0 Å². The number of nitro benzene ring substituents is 1. The second-order valence-corrected chi connectivity index (χ2v) is 7.90. The fourth-order valence-corrected chi connectivity index (χ4v) is 4.22. The molecular formula is C21H15N3O3S2. The smallest absolute Gasteiger partial charge is 0.283 e. The molecule has 0 fully saturated rings. The minimum Gasteiger partial charge on any atom is -0.298 e. The highest BCUT2D eigenvalue weighted by Crippen LogP contribution is 2.30. The number of nitro groups is 1. The third-order valence-corrected chi connectivity index (χ3v) is 5.95. The molecule has 0 spiro atoms. The first-order valence-corrected chi connectivity index (χ1v) is 10.7. The molecule has 0 aliphatic carbocycles. The largest absolute Gasteiger partial charge is 0.298 e. The number of anilines is 1. The van der Waals surface area contributed by atoms with Gasteiger partial charge in [-0.05, 0) is 35.2 Å². The molecule has 144 valence electrons. The van der Waals surface area contributed by atoms with Gasteiger partial charge in [-0.1, -0.05) is 36.4 Å². The molecular weight excluding hydrogens is 406 g/mol. The van der Waals surface area contributed by atoms with E-state index in [0.29, 0.717) is 10.0 Å². The Morgan fingerprint density at radius 2 is 1.90 bits per heavy atom. The molecule has 4 aromatic rings. The van der Waals surface area contributed by atoms with Crippen LogP contribution in [-0.2, 0) is 0 Å². The Kier molecular flexibility index (Phi) is 5.28. The van der Waals surface area contributed by atoms with Gasteiger partial charge in [-0.15, -0.1) is 23.1 Å². The van der Waals surface area contributed by atoms with Crippen LogP contribution in [0.1, 0.15) is 10.4 Å². The predicted octanol–water partition coefficient (Wildman–Crippen LogP) is 5.85. The van der Waals surface area contributed by atoms with Gasteiger partial charge in [0.25, 0.3) is 11.6 Å². The summed E-state index contributed by atoms with van der Waals surface area (Å²) >= 11 is 2.58. The number of hydrogen-bond acceptors (Lipinski definition) is 6. The monoisotopic (exact) mass is 421 g/mol. The number of carbonyl (C=O) groups is 1. The summed E-state index contributed by atoms with van der Waals surface area (Å²) in [6.07, 6.45) is 1.76. The zero-order chi connectivity index (χ0) is 20.4. The molecule has 3 aromatic carbocycles. The SMILES string of the molecule is CSc1ccc(C(=O)Nc2nc(-c3ccc4ccccc4c3)cs2)cc1[N+](=O)[O-]. The molecule has 0 unspecified atom stereocenters. The second-order valence-electron chi connectivity index (χ2n) is 6.20. The van der Waals surface area contributed by atoms with E-state index in [4.69, 9.17) is 0 Å². The van der Waals surface area contributed by atoms with Crippen LogP contribution in [0.15, 0.2) is 70.9 Å². The van der Waals surface area contributed by atoms with E-state index >= 15 is 0 Å². The number of thioether (sulfide) groups is 1. The Labute approximate surface area is 174 Å². The number of carbonyl (C=O) groups excluding carboxylic acids is 1. The van der Waals surface area contributed by atoms with Gasteiger partial charge in [-0.25, -0.2) is 4.98 Å². The highest BCUT2D eigenvalue weighted by atomic mass is 32.2. The van der Waals surface area contributed by atoms with Crippen molar-refractivity contribution in [2.45, 2.75) is 4.90 Å². The van der Waals surface area contributed by atoms with Gasteiger partial charge in [-0.3, -0.25) is 20.2 Å². The maximum atomic E-state index is 12.5. The van der Waals surface area contributed by atoms with Crippen molar-refractivity contribution in [2.24, 2.45) is 0 Å². The van der Waals surface area contributed by atoms with Crippen LogP contribution in [0.2, 0.25) is 0 Å². The number of nitrogens with zero attached hydrogens (tertiary/aromatic N) is 2. The third-order valence-electron chi connectivity index (χ3n) is 4.41. The van der Waals surface area contributed by atoms with Gasteiger partial charge in [0.05, 0.1) is 15.5 Å². The lowest BCUT2D eigenvalue weighted by Crippen LogP contribution is -2.12. The molecule has 1 heterocycles. The molecule has 0 bridgehead atoms. The Balaban J connectivity index is 1.56. The standard InChI is InChI=1S/C21H15N3O3S2/c1-28-19-9-8-16(11-18(19)24(26)27)20(25)23-21-22-17(12-29-21)15-7-6-13-4-2-3-5-14(13)10-15/h2-12H,1H3,(H,22,23,25).